The number of hydrogen-bond acceptors (Lipinski definition) is 6. The maximum atomic E-state index is 13.6. The molecule has 0 radical (unpaired) electrons. The summed E-state index contributed by atoms with van der Waals surface area (Å²) in [6, 6.07) is -0.438. The molecule has 60 heavy (non-hydrogen) atoms. The fourth-order valence-corrected chi connectivity index (χ4v) is 9.59. The predicted octanol–water partition coefficient (Wildman–Crippen LogP) is 6.44. The number of rotatable bonds is 16. The molecule has 0 spiro atoms. The molecule has 1 fully saturated rings. The Hall–Kier alpha value is -4.15. The van der Waals surface area contributed by atoms with Crippen molar-refractivity contribution in [2.45, 2.75) is 126 Å². The fraction of sp³-hybridized carbons (Fsp3) is 0.520. The molecule has 1 aliphatic carbocycles. The molecule has 5 atom stereocenters. The number of aromatic nitrogens is 3. The molecule has 0 aromatic carbocycles. The molecular weight excluding hydrogens is 761 g/mol. The van der Waals surface area contributed by atoms with Crippen molar-refractivity contribution in [3.63, 3.8) is 0 Å². The third-order valence-electron chi connectivity index (χ3n) is 13.3. The van der Waals surface area contributed by atoms with Gasteiger partial charge in [-0.05, 0) is 99.5 Å². The second-order valence-corrected chi connectivity index (χ2v) is 17.7. The number of aromatic amines is 1. The summed E-state index contributed by atoms with van der Waals surface area (Å²) < 4.78 is 11.1. The number of H-pyrrole nitrogens is 1. The van der Waals surface area contributed by atoms with E-state index in [1.165, 1.54) is 43.9 Å². The number of fused-ring (bicyclic) bond motifs is 8. The van der Waals surface area contributed by atoms with Crippen LogP contribution < -0.4 is 36.6 Å². The minimum absolute atomic E-state index is 0. The molecule has 318 valence electrons. The van der Waals surface area contributed by atoms with E-state index in [-0.39, 0.29) is 59.6 Å². The number of allylic oxidation sites excluding steroid dienone is 2. The van der Waals surface area contributed by atoms with Gasteiger partial charge in [0.15, 0.2) is 0 Å². The summed E-state index contributed by atoms with van der Waals surface area (Å²) in [7, 11) is 1.34. The van der Waals surface area contributed by atoms with Gasteiger partial charge in [-0.3, -0.25) is 9.59 Å². The Labute approximate surface area is 372 Å². The molecule has 3 aliphatic rings. The number of ether oxygens (including phenoxy) is 2. The van der Waals surface area contributed by atoms with Crippen molar-refractivity contribution in [2.24, 2.45) is 29.6 Å². The number of nitrogens with zero attached hydrogens (tertiary/aromatic N) is 2. The van der Waals surface area contributed by atoms with Gasteiger partial charge in [0.1, 0.15) is 18.3 Å². The van der Waals surface area contributed by atoms with E-state index in [9.17, 15) is 14.7 Å². The van der Waals surface area contributed by atoms with Crippen molar-refractivity contribution in [2.75, 3.05) is 13.7 Å². The molecule has 6 rings (SSSR count). The van der Waals surface area contributed by atoms with Gasteiger partial charge >= 0.3 is 35.0 Å². The Bertz CT molecular complexity index is 2410. The average molecular weight is 827 g/mol. The number of nitrogens with one attached hydrogen (secondary N) is 2. The Balaban J connectivity index is 0.00000683. The number of aliphatic hydroxyl groups excluding tert-OH is 1. The number of hydrogen-bond donors (Lipinski definition) is 3. The van der Waals surface area contributed by atoms with Gasteiger partial charge in [-0.1, -0.05) is 108 Å². The summed E-state index contributed by atoms with van der Waals surface area (Å²) in [5, 5.41) is 18.7. The molecule has 0 amide bonds. The Morgan fingerprint density at radius 1 is 0.950 bits per heavy atom. The van der Waals surface area contributed by atoms with Crippen molar-refractivity contribution in [1.82, 2.24) is 20.3 Å². The maximum Gasteiger partial charge on any atom is 2.00 e. The van der Waals surface area contributed by atoms with Crippen molar-refractivity contribution in [3.8, 4) is 0 Å². The molecule has 3 aromatic rings. The second kappa shape index (κ2) is 20.1. The minimum atomic E-state index is -1.03. The summed E-state index contributed by atoms with van der Waals surface area (Å²) in [6.07, 6.45) is 18.9. The summed E-state index contributed by atoms with van der Waals surface area (Å²) in [6.45, 7) is 23.8. The zero-order valence-corrected chi connectivity index (χ0v) is 39.2. The Morgan fingerprint density at radius 3 is 2.33 bits per heavy atom. The number of aliphatic hydroxyl groups is 1. The fourth-order valence-electron chi connectivity index (χ4n) is 9.59. The van der Waals surface area contributed by atoms with E-state index in [0.717, 1.165) is 86.8 Å². The maximum absolute atomic E-state index is 13.6. The van der Waals surface area contributed by atoms with Gasteiger partial charge < -0.3 is 34.8 Å². The monoisotopic (exact) mass is 826 g/mol. The number of methoxy groups -OCH3 is 1. The molecule has 3 N–H and O–H groups in total. The van der Waals surface area contributed by atoms with Gasteiger partial charge in [-0.2, -0.15) is 0 Å². The molecule has 0 saturated carbocycles. The first-order valence-corrected chi connectivity index (χ1v) is 21.9. The summed E-state index contributed by atoms with van der Waals surface area (Å²) >= 11 is 0. The van der Waals surface area contributed by atoms with Crippen LogP contribution in [0, 0.1) is 50.4 Å². The molecule has 5 heterocycles. The standard InChI is InChI=1S/C50H66N4O5.Mg/c1-12-34-30(7)37-24-39-32(9)36(20-21-43(55)59-23-22-29(6)19-15-18-28(5)17-14-16-27(3)4)47(53-39)45-46(50(57)58-11)49(56)44-33(10)40(54-48(44)45)26-42-35(13-2)31(8)38(52-42)25-41(34)51-37;/h12,22,24-28,32,36,46-47,52-53,56H,1,13-21,23H2,2-11H3;/q-2;+2/b29-22+,38-25-,39-24-,42-26-;/t28-,32+,36+,46-,47?;/m1./s1. The number of carbonyl (C=O) groups is 2. The number of carbonyl (C=O) groups excluding carboxylic acids is 2. The third-order valence-corrected chi connectivity index (χ3v) is 13.3. The van der Waals surface area contributed by atoms with Gasteiger partial charge in [0, 0.05) is 34.0 Å². The van der Waals surface area contributed by atoms with Crippen LogP contribution in [0.2, 0.25) is 0 Å². The third kappa shape index (κ3) is 9.65. The van der Waals surface area contributed by atoms with Crippen molar-refractivity contribution >= 4 is 70.6 Å². The molecule has 8 bridgehead atoms. The minimum Gasteiger partial charge on any atom is -0.657 e. The van der Waals surface area contributed by atoms with Gasteiger partial charge in [-0.15, -0.1) is 22.4 Å². The van der Waals surface area contributed by atoms with Gasteiger partial charge in [-0.25, -0.2) is 0 Å². The SMILES string of the molecule is C=Cc1c2[n-]c(c1C)/C=C1\NC(C3=c4[n-]c(c(C)c4=C(O)[C@@H]3C(=O)OC)/C=c3\[nH]/c(c(C)c3CC)=C\2)[C@@H](CCC(=O)OC/C=C(\C)CCC[C@H](C)CCCC(C)C)[C@@H]1C.[Mg+2]. The summed E-state index contributed by atoms with van der Waals surface area (Å²) in [4.78, 5) is 40.9. The molecule has 1 unspecified atom stereocenters. The van der Waals surface area contributed by atoms with Crippen LogP contribution in [0.4, 0.5) is 0 Å². The Kier molecular flexibility index (Phi) is 15.7. The smallest absolute Gasteiger partial charge is 0.657 e. The van der Waals surface area contributed by atoms with Crippen molar-refractivity contribution in [3.05, 3.63) is 90.1 Å². The molecule has 3 aromatic heterocycles. The first kappa shape index (κ1) is 46.9. The van der Waals surface area contributed by atoms with Gasteiger partial charge in [0.25, 0.3) is 0 Å². The Morgan fingerprint density at radius 2 is 1.65 bits per heavy atom. The zero-order chi connectivity index (χ0) is 42.7. The quantitative estimate of drug-likeness (QED) is 0.0857. The van der Waals surface area contributed by atoms with Crippen molar-refractivity contribution < 1.29 is 24.2 Å². The van der Waals surface area contributed by atoms with E-state index < -0.39 is 17.9 Å². The van der Waals surface area contributed by atoms with Crippen LogP contribution in [-0.2, 0) is 25.5 Å². The van der Waals surface area contributed by atoms with E-state index in [1.54, 1.807) is 0 Å². The summed E-state index contributed by atoms with van der Waals surface area (Å²) in [5.74, 6) is -0.614. The van der Waals surface area contributed by atoms with Crippen LogP contribution in [0.1, 0.15) is 138 Å². The normalized spacial score (nSPS) is 21.9. The van der Waals surface area contributed by atoms with E-state index in [1.807, 2.05) is 25.2 Å². The van der Waals surface area contributed by atoms with Gasteiger partial charge in [0.2, 0.25) is 0 Å². The van der Waals surface area contributed by atoms with Crippen LogP contribution in [0.25, 0.3) is 35.6 Å². The zero-order valence-electron chi connectivity index (χ0n) is 37.8. The summed E-state index contributed by atoms with van der Waals surface area (Å²) in [5.41, 5.74) is 10.3. The predicted molar refractivity (Wildman–Crippen MR) is 244 cm³/mol. The van der Waals surface area contributed by atoms with E-state index in [0.29, 0.717) is 22.6 Å². The second-order valence-electron chi connectivity index (χ2n) is 17.7. The molecule has 10 heteroatoms. The van der Waals surface area contributed by atoms with Crippen LogP contribution >= 0.6 is 0 Å². The largest absolute Gasteiger partial charge is 2.00 e. The van der Waals surface area contributed by atoms with Crippen LogP contribution in [0.5, 0.6) is 0 Å². The van der Waals surface area contributed by atoms with E-state index in [4.69, 9.17) is 19.4 Å². The number of esters is 2. The molecule has 9 nitrogen and oxygen atoms in total. The first-order valence-electron chi connectivity index (χ1n) is 21.9. The topological polar surface area (TPSA) is 129 Å². The van der Waals surface area contributed by atoms with Crippen LogP contribution in [0.3, 0.4) is 0 Å². The van der Waals surface area contributed by atoms with E-state index >= 15 is 0 Å². The van der Waals surface area contributed by atoms with Crippen molar-refractivity contribution in [1.29, 1.82) is 0 Å². The first-order chi connectivity index (χ1) is 28.2. The van der Waals surface area contributed by atoms with Gasteiger partial charge in [0.05, 0.1) is 13.2 Å². The van der Waals surface area contributed by atoms with E-state index in [2.05, 4.69) is 84.4 Å². The van der Waals surface area contributed by atoms with Crippen LogP contribution in [0.15, 0.2) is 23.9 Å². The molecule has 1 saturated heterocycles. The average Bonchev–Trinajstić information content (AvgIpc) is 3.94. The molecule has 2 aliphatic heterocycles. The van der Waals surface area contributed by atoms with Crippen LogP contribution in [-0.4, -0.2) is 64.8 Å². The molecular formula is C50H66MgN4O5.